The van der Waals surface area contributed by atoms with Gasteiger partial charge in [-0.1, -0.05) is 19.4 Å². The fourth-order valence-electron chi connectivity index (χ4n) is 1.78. The second-order valence-corrected chi connectivity index (χ2v) is 6.47. The Balaban J connectivity index is 3.20. The van der Waals surface area contributed by atoms with Gasteiger partial charge in [-0.05, 0) is 31.0 Å². The van der Waals surface area contributed by atoms with Crippen molar-refractivity contribution in [3.8, 4) is 0 Å². The van der Waals surface area contributed by atoms with Gasteiger partial charge in [0.15, 0.2) is 0 Å². The molecule has 0 spiro atoms. The van der Waals surface area contributed by atoms with Gasteiger partial charge in [-0.2, -0.15) is 4.31 Å². The van der Waals surface area contributed by atoms with Crippen molar-refractivity contribution in [1.29, 1.82) is 0 Å². The molecule has 7 heteroatoms. The summed E-state index contributed by atoms with van der Waals surface area (Å²) in [5.41, 5.74) is 5.52. The number of hydrogen-bond acceptors (Lipinski definition) is 3. The predicted octanol–water partition coefficient (Wildman–Crippen LogP) is 1.41. The van der Waals surface area contributed by atoms with E-state index in [9.17, 15) is 17.6 Å². The van der Waals surface area contributed by atoms with Gasteiger partial charge in [-0.3, -0.25) is 4.79 Å². The summed E-state index contributed by atoms with van der Waals surface area (Å²) in [6.45, 7) is 3.26. The van der Waals surface area contributed by atoms with Crippen molar-refractivity contribution in [3.63, 3.8) is 0 Å². The lowest BCUT2D eigenvalue weighted by molar-refractivity contribution is -0.118. The molecule has 5 nitrogen and oxygen atoms in total. The van der Waals surface area contributed by atoms with Crippen LogP contribution < -0.4 is 5.73 Å². The molecule has 0 radical (unpaired) electrons. The fraction of sp³-hybridized carbons (Fsp3) is 0.462. The number of rotatable bonds is 7. The Bertz CT molecular complexity index is 587. The maximum absolute atomic E-state index is 13.3. The number of nitrogens with zero attached hydrogens (tertiary/aromatic N) is 1. The molecule has 1 aromatic rings. The van der Waals surface area contributed by atoms with Crippen molar-refractivity contribution < 1.29 is 17.6 Å². The third kappa shape index (κ3) is 4.01. The lowest BCUT2D eigenvalue weighted by atomic mass is 10.2. The summed E-state index contributed by atoms with van der Waals surface area (Å²) in [4.78, 5) is 10.9. The minimum absolute atomic E-state index is 0.130. The van der Waals surface area contributed by atoms with E-state index < -0.39 is 28.3 Å². The van der Waals surface area contributed by atoms with Crippen LogP contribution in [0.1, 0.15) is 25.3 Å². The standard InChI is InChI=1S/C13H19FN2O3S/c1-3-4-7-16(9-13(15)17)20(18,19)12-8-11(14)6-5-10(12)2/h5-6,8H,3-4,7,9H2,1-2H3,(H2,15,17). The largest absolute Gasteiger partial charge is 0.369 e. The zero-order valence-corrected chi connectivity index (χ0v) is 12.4. The fourth-order valence-corrected chi connectivity index (χ4v) is 3.46. The molecule has 0 aromatic heterocycles. The molecular weight excluding hydrogens is 283 g/mol. The maximum atomic E-state index is 13.3. The quantitative estimate of drug-likeness (QED) is 0.827. The molecule has 0 fully saturated rings. The molecule has 0 aliphatic rings. The van der Waals surface area contributed by atoms with Crippen molar-refractivity contribution in [1.82, 2.24) is 4.31 Å². The molecule has 20 heavy (non-hydrogen) atoms. The first-order valence-electron chi connectivity index (χ1n) is 6.33. The minimum Gasteiger partial charge on any atom is -0.369 e. The number of amides is 1. The van der Waals surface area contributed by atoms with Gasteiger partial charge in [-0.15, -0.1) is 0 Å². The van der Waals surface area contributed by atoms with Crippen molar-refractivity contribution in [2.75, 3.05) is 13.1 Å². The highest BCUT2D eigenvalue weighted by Crippen LogP contribution is 2.21. The van der Waals surface area contributed by atoms with Crippen LogP contribution in [0.25, 0.3) is 0 Å². The van der Waals surface area contributed by atoms with E-state index >= 15 is 0 Å². The molecule has 1 amide bonds. The van der Waals surface area contributed by atoms with Gasteiger partial charge in [-0.25, -0.2) is 12.8 Å². The van der Waals surface area contributed by atoms with Crippen molar-refractivity contribution >= 4 is 15.9 Å². The Morgan fingerprint density at radius 3 is 2.60 bits per heavy atom. The predicted molar refractivity (Wildman–Crippen MR) is 74.0 cm³/mol. The summed E-state index contributed by atoms with van der Waals surface area (Å²) in [5, 5.41) is 0. The van der Waals surface area contributed by atoms with Crippen LogP contribution in [-0.2, 0) is 14.8 Å². The van der Waals surface area contributed by atoms with E-state index in [-0.39, 0.29) is 11.4 Å². The van der Waals surface area contributed by atoms with Crippen LogP contribution in [0.5, 0.6) is 0 Å². The van der Waals surface area contributed by atoms with Crippen molar-refractivity contribution in [2.45, 2.75) is 31.6 Å². The van der Waals surface area contributed by atoms with Crippen LogP contribution >= 0.6 is 0 Å². The summed E-state index contributed by atoms with van der Waals surface area (Å²) in [5.74, 6) is -1.37. The Morgan fingerprint density at radius 2 is 2.05 bits per heavy atom. The monoisotopic (exact) mass is 302 g/mol. The third-order valence-electron chi connectivity index (χ3n) is 2.86. The molecule has 1 aromatic carbocycles. The minimum atomic E-state index is -3.93. The molecule has 0 saturated carbocycles. The van der Waals surface area contributed by atoms with E-state index in [2.05, 4.69) is 0 Å². The van der Waals surface area contributed by atoms with Crippen molar-refractivity contribution in [2.24, 2.45) is 5.73 Å². The summed E-state index contributed by atoms with van der Waals surface area (Å²) >= 11 is 0. The van der Waals surface area contributed by atoms with Gasteiger partial charge in [0.1, 0.15) is 5.82 Å². The molecule has 0 saturated heterocycles. The molecule has 0 bridgehead atoms. The molecular formula is C13H19FN2O3S. The van der Waals surface area contributed by atoms with Crippen LogP contribution in [0.15, 0.2) is 23.1 Å². The average Bonchev–Trinajstić information content (AvgIpc) is 2.36. The first kappa shape index (κ1) is 16.6. The number of aryl methyl sites for hydroxylation is 1. The highest BCUT2D eigenvalue weighted by Gasteiger charge is 2.27. The Morgan fingerprint density at radius 1 is 1.40 bits per heavy atom. The van der Waals surface area contributed by atoms with E-state index in [1.807, 2.05) is 6.92 Å². The Kier molecular flexibility index (Phi) is 5.64. The number of carbonyl (C=O) groups excluding carboxylic acids is 1. The van der Waals surface area contributed by atoms with E-state index in [4.69, 9.17) is 5.73 Å². The number of unbranched alkanes of at least 4 members (excludes halogenated alkanes) is 1. The second kappa shape index (κ2) is 6.81. The lowest BCUT2D eigenvalue weighted by Crippen LogP contribution is -2.39. The molecule has 2 N–H and O–H groups in total. The number of primary amides is 1. The second-order valence-electron chi connectivity index (χ2n) is 4.57. The van der Waals surface area contributed by atoms with Crippen LogP contribution in [0.2, 0.25) is 0 Å². The number of benzene rings is 1. The molecule has 1 rings (SSSR count). The summed E-state index contributed by atoms with van der Waals surface area (Å²) < 4.78 is 39.3. The Hall–Kier alpha value is -1.47. The highest BCUT2D eigenvalue weighted by molar-refractivity contribution is 7.89. The molecule has 112 valence electrons. The molecule has 0 unspecified atom stereocenters. The number of sulfonamides is 1. The molecule has 0 aliphatic carbocycles. The number of halogens is 1. The third-order valence-corrected chi connectivity index (χ3v) is 4.85. The normalized spacial score (nSPS) is 11.8. The van der Waals surface area contributed by atoms with E-state index in [0.717, 1.165) is 16.8 Å². The first-order chi connectivity index (χ1) is 9.28. The number of hydrogen-bond donors (Lipinski definition) is 1. The van der Waals surface area contributed by atoms with Crippen molar-refractivity contribution in [3.05, 3.63) is 29.6 Å². The van der Waals surface area contributed by atoms with Crippen LogP contribution in [-0.4, -0.2) is 31.7 Å². The summed E-state index contributed by atoms with van der Waals surface area (Å²) in [6.07, 6.45) is 1.37. The van der Waals surface area contributed by atoms with E-state index in [1.165, 1.54) is 12.1 Å². The van der Waals surface area contributed by atoms with Gasteiger partial charge in [0.2, 0.25) is 15.9 Å². The number of carbonyl (C=O) groups is 1. The summed E-state index contributed by atoms with van der Waals surface area (Å²) in [7, 11) is -3.93. The topological polar surface area (TPSA) is 80.5 Å². The average molecular weight is 302 g/mol. The van der Waals surface area contributed by atoms with Gasteiger partial charge >= 0.3 is 0 Å². The first-order valence-corrected chi connectivity index (χ1v) is 7.77. The molecule has 0 heterocycles. The molecule has 0 atom stereocenters. The van der Waals surface area contributed by atoms with Crippen LogP contribution in [0.3, 0.4) is 0 Å². The van der Waals surface area contributed by atoms with Gasteiger partial charge in [0.25, 0.3) is 0 Å². The van der Waals surface area contributed by atoms with Gasteiger partial charge in [0, 0.05) is 6.54 Å². The smallest absolute Gasteiger partial charge is 0.243 e. The SMILES string of the molecule is CCCCN(CC(N)=O)S(=O)(=O)c1cc(F)ccc1C. The zero-order chi connectivity index (χ0) is 15.3. The highest BCUT2D eigenvalue weighted by atomic mass is 32.2. The van der Waals surface area contributed by atoms with E-state index in [0.29, 0.717) is 12.0 Å². The Labute approximate surface area is 118 Å². The lowest BCUT2D eigenvalue weighted by Gasteiger charge is -2.21. The van der Waals surface area contributed by atoms with Crippen LogP contribution in [0.4, 0.5) is 4.39 Å². The van der Waals surface area contributed by atoms with Crippen LogP contribution in [0, 0.1) is 12.7 Å². The summed E-state index contributed by atoms with van der Waals surface area (Å²) in [6, 6.07) is 3.55. The zero-order valence-electron chi connectivity index (χ0n) is 11.6. The number of nitrogens with two attached hydrogens (primary N) is 1. The molecule has 0 aliphatic heterocycles. The van der Waals surface area contributed by atoms with E-state index in [1.54, 1.807) is 6.92 Å². The van der Waals surface area contributed by atoms with Gasteiger partial charge in [0.05, 0.1) is 11.4 Å². The van der Waals surface area contributed by atoms with Gasteiger partial charge < -0.3 is 5.73 Å². The maximum Gasteiger partial charge on any atom is 0.243 e.